The van der Waals surface area contributed by atoms with Crippen molar-refractivity contribution in [1.82, 2.24) is 9.88 Å². The summed E-state index contributed by atoms with van der Waals surface area (Å²) in [5.74, 6) is 0.632. The van der Waals surface area contributed by atoms with Crippen LogP contribution in [-0.4, -0.2) is 34.9 Å². The molecule has 1 aromatic carbocycles. The number of hydrogen-bond donors (Lipinski definition) is 1. The molecule has 1 unspecified atom stereocenters. The quantitative estimate of drug-likeness (QED) is 0.847. The maximum absolute atomic E-state index is 13.0. The van der Waals surface area contributed by atoms with Crippen LogP contribution in [0.25, 0.3) is 11.5 Å². The summed E-state index contributed by atoms with van der Waals surface area (Å²) in [6.45, 7) is 3.51. The van der Waals surface area contributed by atoms with Crippen molar-refractivity contribution in [2.75, 3.05) is 13.1 Å². The lowest BCUT2D eigenvalue weighted by molar-refractivity contribution is -0.132. The Hall–Kier alpha value is -1.63. The molecular weight excluding hydrogens is 380 g/mol. The standard InChI is InChI=1S/C18H22FN3O2.2ClH/c1-12(20)13-6-8-22(9-7-13)17(23)10-16-11-24-18(21-16)14-2-4-15(19)5-3-14;;/h2-5,11-13H,6-10,20H2,1H3;2*1H. The largest absolute Gasteiger partial charge is 0.444 e. The van der Waals surface area contributed by atoms with E-state index in [1.165, 1.54) is 18.4 Å². The van der Waals surface area contributed by atoms with Gasteiger partial charge in [-0.25, -0.2) is 9.37 Å². The molecule has 1 aromatic heterocycles. The highest BCUT2D eigenvalue weighted by molar-refractivity contribution is 5.85. The second-order valence-corrected chi connectivity index (χ2v) is 6.40. The predicted octanol–water partition coefficient (Wildman–Crippen LogP) is 3.45. The Kier molecular flexibility index (Phi) is 8.53. The van der Waals surface area contributed by atoms with Crippen LogP contribution in [0.4, 0.5) is 4.39 Å². The molecule has 1 saturated heterocycles. The van der Waals surface area contributed by atoms with Gasteiger partial charge in [-0.15, -0.1) is 24.8 Å². The first kappa shape index (κ1) is 22.4. The van der Waals surface area contributed by atoms with Gasteiger partial charge in [0.05, 0.1) is 12.1 Å². The molecule has 1 aliphatic heterocycles. The number of rotatable bonds is 4. The first-order valence-corrected chi connectivity index (χ1v) is 8.26. The van der Waals surface area contributed by atoms with E-state index < -0.39 is 0 Å². The van der Waals surface area contributed by atoms with Crippen LogP contribution in [0.3, 0.4) is 0 Å². The topological polar surface area (TPSA) is 72.4 Å². The minimum Gasteiger partial charge on any atom is -0.444 e. The molecule has 8 heteroatoms. The molecule has 144 valence electrons. The highest BCUT2D eigenvalue weighted by atomic mass is 35.5. The van der Waals surface area contributed by atoms with Crippen molar-refractivity contribution in [3.05, 3.63) is 42.0 Å². The van der Waals surface area contributed by atoms with E-state index in [1.54, 1.807) is 12.1 Å². The van der Waals surface area contributed by atoms with Gasteiger partial charge in [0.15, 0.2) is 0 Å². The fourth-order valence-electron chi connectivity index (χ4n) is 3.05. The van der Waals surface area contributed by atoms with Gasteiger partial charge >= 0.3 is 0 Å². The number of hydrogen-bond acceptors (Lipinski definition) is 4. The van der Waals surface area contributed by atoms with Crippen LogP contribution in [0.1, 0.15) is 25.5 Å². The Morgan fingerprint density at radius 3 is 2.50 bits per heavy atom. The number of carbonyl (C=O) groups excluding carboxylic acids is 1. The fourth-order valence-corrected chi connectivity index (χ4v) is 3.05. The molecule has 26 heavy (non-hydrogen) atoms. The van der Waals surface area contributed by atoms with Crippen molar-refractivity contribution < 1.29 is 13.6 Å². The van der Waals surface area contributed by atoms with Crippen molar-refractivity contribution in [3.8, 4) is 11.5 Å². The molecule has 0 spiro atoms. The molecule has 2 heterocycles. The van der Waals surface area contributed by atoms with Crippen LogP contribution < -0.4 is 5.73 Å². The van der Waals surface area contributed by atoms with E-state index >= 15 is 0 Å². The lowest BCUT2D eigenvalue weighted by Gasteiger charge is -2.33. The Bertz CT molecular complexity index is 699. The van der Waals surface area contributed by atoms with Gasteiger partial charge in [0.2, 0.25) is 11.8 Å². The van der Waals surface area contributed by atoms with E-state index in [4.69, 9.17) is 10.2 Å². The van der Waals surface area contributed by atoms with Crippen LogP contribution in [0.5, 0.6) is 0 Å². The van der Waals surface area contributed by atoms with Gasteiger partial charge < -0.3 is 15.1 Å². The van der Waals surface area contributed by atoms with Gasteiger partial charge in [0.25, 0.3) is 0 Å². The SMILES string of the molecule is CC(N)C1CCN(C(=O)Cc2coc(-c3ccc(F)cc3)n2)CC1.Cl.Cl. The number of benzene rings is 1. The Morgan fingerprint density at radius 2 is 1.92 bits per heavy atom. The summed E-state index contributed by atoms with van der Waals surface area (Å²) in [5, 5.41) is 0. The van der Waals surface area contributed by atoms with E-state index in [1.807, 2.05) is 11.8 Å². The summed E-state index contributed by atoms with van der Waals surface area (Å²) in [6, 6.07) is 6.09. The van der Waals surface area contributed by atoms with Gasteiger partial charge in [0, 0.05) is 24.7 Å². The molecule has 0 aliphatic carbocycles. The molecule has 2 aromatic rings. The minimum atomic E-state index is -0.309. The zero-order valence-corrected chi connectivity index (χ0v) is 16.2. The average Bonchev–Trinajstić information content (AvgIpc) is 3.04. The Labute approximate surface area is 165 Å². The minimum absolute atomic E-state index is 0. The summed E-state index contributed by atoms with van der Waals surface area (Å²) in [5.41, 5.74) is 7.21. The van der Waals surface area contributed by atoms with Crippen molar-refractivity contribution >= 4 is 30.7 Å². The molecule has 1 amide bonds. The van der Waals surface area contributed by atoms with Crippen LogP contribution in [0.2, 0.25) is 0 Å². The first-order chi connectivity index (χ1) is 11.5. The maximum Gasteiger partial charge on any atom is 0.228 e. The number of halogens is 3. The summed E-state index contributed by atoms with van der Waals surface area (Å²) in [7, 11) is 0. The van der Waals surface area contributed by atoms with E-state index in [-0.39, 0.29) is 49.0 Å². The summed E-state index contributed by atoms with van der Waals surface area (Å²) >= 11 is 0. The molecule has 0 radical (unpaired) electrons. The third-order valence-corrected chi connectivity index (χ3v) is 4.61. The molecule has 1 fully saturated rings. The maximum atomic E-state index is 13.0. The predicted molar refractivity (Wildman–Crippen MR) is 103 cm³/mol. The smallest absolute Gasteiger partial charge is 0.228 e. The van der Waals surface area contributed by atoms with Gasteiger partial charge in [-0.2, -0.15) is 0 Å². The van der Waals surface area contributed by atoms with Crippen molar-refractivity contribution in [1.29, 1.82) is 0 Å². The highest BCUT2D eigenvalue weighted by Gasteiger charge is 2.25. The van der Waals surface area contributed by atoms with Gasteiger partial charge in [-0.3, -0.25) is 4.79 Å². The number of nitrogens with zero attached hydrogens (tertiary/aromatic N) is 2. The average molecular weight is 404 g/mol. The Balaban J connectivity index is 0.00000169. The number of oxazole rings is 1. The molecule has 3 rings (SSSR count). The number of nitrogens with two attached hydrogens (primary N) is 1. The number of likely N-dealkylation sites (tertiary alicyclic amines) is 1. The van der Waals surface area contributed by atoms with Crippen molar-refractivity contribution in [2.45, 2.75) is 32.2 Å². The van der Waals surface area contributed by atoms with E-state index in [9.17, 15) is 9.18 Å². The van der Waals surface area contributed by atoms with Crippen LogP contribution in [0.15, 0.2) is 34.9 Å². The third kappa shape index (κ3) is 5.43. The molecular formula is C18H24Cl2FN3O2. The van der Waals surface area contributed by atoms with Crippen molar-refractivity contribution in [3.63, 3.8) is 0 Å². The van der Waals surface area contributed by atoms with Gasteiger partial charge in [0.1, 0.15) is 12.1 Å². The molecule has 1 atom stereocenters. The molecule has 1 aliphatic rings. The normalized spacial score (nSPS) is 15.7. The van der Waals surface area contributed by atoms with E-state index in [0.29, 0.717) is 23.1 Å². The van der Waals surface area contributed by atoms with E-state index in [0.717, 1.165) is 25.9 Å². The number of carbonyl (C=O) groups is 1. The molecule has 2 N–H and O–H groups in total. The van der Waals surface area contributed by atoms with E-state index in [2.05, 4.69) is 4.98 Å². The summed E-state index contributed by atoms with van der Waals surface area (Å²) in [6.07, 6.45) is 3.60. The highest BCUT2D eigenvalue weighted by Crippen LogP contribution is 2.22. The van der Waals surface area contributed by atoms with Gasteiger partial charge in [-0.1, -0.05) is 0 Å². The number of amides is 1. The zero-order valence-electron chi connectivity index (χ0n) is 14.6. The molecule has 0 bridgehead atoms. The third-order valence-electron chi connectivity index (χ3n) is 4.61. The summed E-state index contributed by atoms with van der Waals surface area (Å²) in [4.78, 5) is 18.6. The van der Waals surface area contributed by atoms with Crippen molar-refractivity contribution in [2.24, 2.45) is 11.7 Å². The lowest BCUT2D eigenvalue weighted by atomic mass is 9.91. The zero-order chi connectivity index (χ0) is 17.1. The van der Waals surface area contributed by atoms with Crippen LogP contribution >= 0.6 is 24.8 Å². The molecule has 5 nitrogen and oxygen atoms in total. The summed E-state index contributed by atoms with van der Waals surface area (Å²) < 4.78 is 18.4. The first-order valence-electron chi connectivity index (χ1n) is 8.26. The van der Waals surface area contributed by atoms with Gasteiger partial charge in [-0.05, 0) is 49.9 Å². The second kappa shape index (κ2) is 9.90. The number of aromatic nitrogens is 1. The lowest BCUT2D eigenvalue weighted by Crippen LogP contribution is -2.43. The van der Waals surface area contributed by atoms with Crippen LogP contribution in [-0.2, 0) is 11.2 Å². The molecule has 0 saturated carbocycles. The Morgan fingerprint density at radius 1 is 1.31 bits per heavy atom. The van der Waals surface area contributed by atoms with Crippen LogP contribution in [0, 0.1) is 11.7 Å². The fraction of sp³-hybridized carbons (Fsp3) is 0.444. The number of piperidine rings is 1. The second-order valence-electron chi connectivity index (χ2n) is 6.40. The monoisotopic (exact) mass is 403 g/mol.